The van der Waals surface area contributed by atoms with Gasteiger partial charge in [-0.25, -0.2) is 9.97 Å². The van der Waals surface area contributed by atoms with E-state index in [9.17, 15) is 13.2 Å². The summed E-state index contributed by atoms with van der Waals surface area (Å²) < 4.78 is 41.0. The van der Waals surface area contributed by atoms with E-state index >= 15 is 0 Å². The van der Waals surface area contributed by atoms with Gasteiger partial charge in [0.1, 0.15) is 0 Å². The van der Waals surface area contributed by atoms with E-state index in [1.54, 1.807) is 12.1 Å². The van der Waals surface area contributed by atoms with Gasteiger partial charge in [-0.2, -0.15) is 13.2 Å². The Morgan fingerprint density at radius 3 is 2.11 bits per heavy atom. The van der Waals surface area contributed by atoms with Crippen molar-refractivity contribution in [3.63, 3.8) is 0 Å². The normalized spacial score (nSPS) is 12.9. The minimum absolute atomic E-state index is 0.0590. The molecule has 0 radical (unpaired) electrons. The van der Waals surface area contributed by atoms with Gasteiger partial charge in [0.05, 0.1) is 11.2 Å². The Morgan fingerprint density at radius 2 is 1.43 bits per heavy atom. The van der Waals surface area contributed by atoms with Crippen LogP contribution in [0.3, 0.4) is 0 Å². The molecule has 0 saturated carbocycles. The van der Waals surface area contributed by atoms with Crippen LogP contribution in [0.25, 0.3) is 10.9 Å². The molecule has 0 aliphatic heterocycles. The third-order valence-corrected chi connectivity index (χ3v) is 7.05. The van der Waals surface area contributed by atoms with E-state index in [0.29, 0.717) is 23.0 Å². The van der Waals surface area contributed by atoms with Gasteiger partial charge >= 0.3 is 6.18 Å². The standard InChI is InChI=1S/C32H43F3N2/c1-7-8-9-10-11-12-15-23-18-19-25(31(5,6)22-30(2,3)4)20-24(23)21-28-26-16-13-14-17-27(26)36-29(37-28)32(33,34)35/h13-14,16-20H,7-12,15,21-22H2,1-6H3. The summed E-state index contributed by atoms with van der Waals surface area (Å²) in [6, 6.07) is 13.7. The van der Waals surface area contributed by atoms with Gasteiger partial charge in [-0.05, 0) is 52.8 Å². The third-order valence-electron chi connectivity index (χ3n) is 7.05. The molecule has 0 bridgehead atoms. The second kappa shape index (κ2) is 12.0. The third kappa shape index (κ3) is 8.28. The van der Waals surface area contributed by atoms with Crippen molar-refractivity contribution >= 4 is 10.9 Å². The van der Waals surface area contributed by atoms with Gasteiger partial charge in [0.15, 0.2) is 0 Å². The Bertz CT molecular complexity index is 1170. The maximum atomic E-state index is 13.7. The number of aromatic nitrogens is 2. The largest absolute Gasteiger partial charge is 0.451 e. The Labute approximate surface area is 221 Å². The first-order chi connectivity index (χ1) is 17.3. The van der Waals surface area contributed by atoms with Gasteiger partial charge in [-0.15, -0.1) is 0 Å². The van der Waals surface area contributed by atoms with Crippen LogP contribution in [0.15, 0.2) is 42.5 Å². The van der Waals surface area contributed by atoms with Gasteiger partial charge in [0.25, 0.3) is 0 Å². The molecule has 0 amide bonds. The van der Waals surface area contributed by atoms with Crippen LogP contribution in [0.5, 0.6) is 0 Å². The second-order valence-electron chi connectivity index (χ2n) is 12.3. The van der Waals surface area contributed by atoms with Crippen LogP contribution in [0.4, 0.5) is 13.2 Å². The zero-order valence-electron chi connectivity index (χ0n) is 23.4. The summed E-state index contributed by atoms with van der Waals surface area (Å²) in [7, 11) is 0. The summed E-state index contributed by atoms with van der Waals surface area (Å²) in [6.07, 6.45) is 4.94. The Morgan fingerprint density at radius 1 is 0.757 bits per heavy atom. The van der Waals surface area contributed by atoms with E-state index in [1.165, 1.54) is 43.2 Å². The number of halogens is 3. The van der Waals surface area contributed by atoms with E-state index < -0.39 is 12.0 Å². The van der Waals surface area contributed by atoms with Gasteiger partial charge in [0.2, 0.25) is 5.82 Å². The molecule has 3 rings (SSSR count). The highest BCUT2D eigenvalue weighted by Crippen LogP contribution is 2.38. The van der Waals surface area contributed by atoms with Crippen molar-refractivity contribution in [3.05, 3.63) is 70.7 Å². The number of nitrogens with zero attached hydrogens (tertiary/aromatic N) is 2. The van der Waals surface area contributed by atoms with Crippen molar-refractivity contribution in [1.82, 2.24) is 9.97 Å². The molecule has 37 heavy (non-hydrogen) atoms. The fraction of sp³-hybridized carbons (Fsp3) is 0.562. The average molecular weight is 513 g/mol. The van der Waals surface area contributed by atoms with Crippen molar-refractivity contribution in [2.45, 2.75) is 111 Å². The van der Waals surface area contributed by atoms with Crippen LogP contribution in [0.2, 0.25) is 0 Å². The Hall–Kier alpha value is -2.43. The summed E-state index contributed by atoms with van der Waals surface area (Å²) in [5.41, 5.74) is 4.38. The molecule has 0 fully saturated rings. The molecule has 2 nitrogen and oxygen atoms in total. The van der Waals surface area contributed by atoms with E-state index in [-0.39, 0.29) is 10.8 Å². The van der Waals surface area contributed by atoms with Gasteiger partial charge in [-0.3, -0.25) is 0 Å². The molecular weight excluding hydrogens is 469 g/mol. The van der Waals surface area contributed by atoms with Crippen LogP contribution < -0.4 is 0 Å². The number of alkyl halides is 3. The molecule has 5 heteroatoms. The highest BCUT2D eigenvalue weighted by atomic mass is 19.4. The predicted molar refractivity (Wildman–Crippen MR) is 148 cm³/mol. The number of para-hydroxylation sites is 1. The minimum Gasteiger partial charge on any atom is -0.228 e. The smallest absolute Gasteiger partial charge is 0.228 e. The number of rotatable bonds is 11. The van der Waals surface area contributed by atoms with E-state index in [2.05, 4.69) is 69.7 Å². The monoisotopic (exact) mass is 512 g/mol. The molecule has 0 unspecified atom stereocenters. The lowest BCUT2D eigenvalue weighted by molar-refractivity contribution is -0.144. The van der Waals surface area contributed by atoms with Crippen LogP contribution in [-0.4, -0.2) is 9.97 Å². The molecule has 1 heterocycles. The lowest BCUT2D eigenvalue weighted by Crippen LogP contribution is -2.25. The molecule has 202 valence electrons. The van der Waals surface area contributed by atoms with E-state index in [4.69, 9.17) is 0 Å². The molecule has 0 saturated heterocycles. The second-order valence-corrected chi connectivity index (χ2v) is 12.3. The number of aryl methyl sites for hydroxylation is 1. The molecule has 3 aromatic rings. The van der Waals surface area contributed by atoms with Crippen molar-refractivity contribution in [3.8, 4) is 0 Å². The van der Waals surface area contributed by atoms with Crippen LogP contribution >= 0.6 is 0 Å². The fourth-order valence-corrected chi connectivity index (χ4v) is 5.56. The fourth-order valence-electron chi connectivity index (χ4n) is 5.56. The molecule has 2 aromatic carbocycles. The SMILES string of the molecule is CCCCCCCCc1ccc(C(C)(C)CC(C)(C)C)cc1Cc1nc(C(F)(F)F)nc2ccccc12. The summed E-state index contributed by atoms with van der Waals surface area (Å²) in [5, 5.41) is 0.681. The molecular formula is C32H43F3N2. The highest BCUT2D eigenvalue weighted by molar-refractivity contribution is 5.81. The molecule has 0 spiro atoms. The number of hydrogen-bond acceptors (Lipinski definition) is 2. The van der Waals surface area contributed by atoms with Crippen molar-refractivity contribution in [2.24, 2.45) is 5.41 Å². The van der Waals surface area contributed by atoms with Crippen LogP contribution in [0.1, 0.15) is 115 Å². The first kappa shape index (κ1) is 29.1. The summed E-state index contributed by atoms with van der Waals surface area (Å²) >= 11 is 0. The maximum absolute atomic E-state index is 13.7. The topological polar surface area (TPSA) is 25.8 Å². The lowest BCUT2D eigenvalue weighted by atomic mass is 9.71. The zero-order chi connectivity index (χ0) is 27.3. The molecule has 0 N–H and O–H groups in total. The zero-order valence-corrected chi connectivity index (χ0v) is 23.4. The summed E-state index contributed by atoms with van der Waals surface area (Å²) in [4.78, 5) is 7.87. The predicted octanol–water partition coefficient (Wildman–Crippen LogP) is 9.86. The van der Waals surface area contributed by atoms with Crippen molar-refractivity contribution < 1.29 is 13.2 Å². The Kier molecular flexibility index (Phi) is 9.42. The number of hydrogen-bond donors (Lipinski definition) is 0. The van der Waals surface area contributed by atoms with Gasteiger partial charge in [-0.1, -0.05) is 110 Å². The molecule has 1 aromatic heterocycles. The molecule has 0 aliphatic carbocycles. The molecule has 0 aliphatic rings. The van der Waals surface area contributed by atoms with E-state index in [0.717, 1.165) is 24.8 Å². The van der Waals surface area contributed by atoms with Crippen LogP contribution in [0, 0.1) is 5.41 Å². The number of benzene rings is 2. The van der Waals surface area contributed by atoms with Gasteiger partial charge < -0.3 is 0 Å². The first-order valence-corrected chi connectivity index (χ1v) is 13.8. The van der Waals surface area contributed by atoms with Gasteiger partial charge in [0, 0.05) is 11.8 Å². The first-order valence-electron chi connectivity index (χ1n) is 13.8. The van der Waals surface area contributed by atoms with E-state index in [1.807, 2.05) is 12.1 Å². The minimum atomic E-state index is -4.59. The average Bonchev–Trinajstić information content (AvgIpc) is 2.79. The highest BCUT2D eigenvalue weighted by Gasteiger charge is 2.35. The quantitative estimate of drug-likeness (QED) is 0.239. The number of unbranched alkanes of at least 4 members (excludes halogenated alkanes) is 5. The van der Waals surface area contributed by atoms with Crippen LogP contribution in [-0.2, 0) is 24.4 Å². The van der Waals surface area contributed by atoms with Crippen molar-refractivity contribution in [2.75, 3.05) is 0 Å². The maximum Gasteiger partial charge on any atom is 0.451 e. The summed E-state index contributed by atoms with van der Waals surface area (Å²) in [6.45, 7) is 13.5. The Balaban J connectivity index is 2.01. The van der Waals surface area contributed by atoms with Crippen molar-refractivity contribution in [1.29, 1.82) is 0 Å². The summed E-state index contributed by atoms with van der Waals surface area (Å²) in [5.74, 6) is -1.07. The lowest BCUT2D eigenvalue weighted by Gasteiger charge is -2.33. The molecule has 0 atom stereocenters. The number of fused-ring (bicyclic) bond motifs is 1.